The summed E-state index contributed by atoms with van der Waals surface area (Å²) in [4.78, 5) is 45.1. The molecule has 4 rings (SSSR count). The Kier molecular flexibility index (Phi) is 7.53. The number of aromatic nitrogens is 2. The predicted molar refractivity (Wildman–Crippen MR) is 118 cm³/mol. The summed E-state index contributed by atoms with van der Waals surface area (Å²) in [7, 11) is 1.82. The highest BCUT2D eigenvalue weighted by atomic mass is 16.6. The number of piperidine rings is 1. The number of carbonyl (C=O) groups is 2. The number of piperazine rings is 1. The van der Waals surface area contributed by atoms with E-state index in [1.165, 1.54) is 0 Å². The normalized spacial score (nSPS) is 25.5. The molecule has 0 radical (unpaired) electrons. The van der Waals surface area contributed by atoms with Gasteiger partial charge in [0.15, 0.2) is 6.23 Å². The highest BCUT2D eigenvalue weighted by molar-refractivity contribution is 5.70. The van der Waals surface area contributed by atoms with E-state index in [1.54, 1.807) is 4.90 Å². The van der Waals surface area contributed by atoms with Crippen molar-refractivity contribution >= 4 is 18.0 Å². The van der Waals surface area contributed by atoms with Gasteiger partial charge in [0.1, 0.15) is 0 Å². The number of rotatable bonds is 9. The van der Waals surface area contributed by atoms with E-state index in [2.05, 4.69) is 24.5 Å². The molecule has 3 fully saturated rings. The number of ether oxygens (including phenoxy) is 1. The molecule has 0 aromatic carbocycles. The second-order valence-electron chi connectivity index (χ2n) is 9.25. The van der Waals surface area contributed by atoms with Gasteiger partial charge in [0.2, 0.25) is 5.95 Å². The van der Waals surface area contributed by atoms with Crippen molar-refractivity contribution in [3.8, 4) is 0 Å². The van der Waals surface area contributed by atoms with Crippen molar-refractivity contribution in [3.63, 3.8) is 0 Å². The van der Waals surface area contributed by atoms with Crippen molar-refractivity contribution in [1.29, 1.82) is 0 Å². The zero-order valence-electron chi connectivity index (χ0n) is 19.1. The zero-order chi connectivity index (χ0) is 23.4. The molecular weight excluding hydrogens is 432 g/mol. The fourth-order valence-electron chi connectivity index (χ4n) is 5.14. The molecule has 33 heavy (non-hydrogen) atoms. The third-order valence-corrected chi connectivity index (χ3v) is 7.18. The number of hydrogen-bond acceptors (Lipinski definition) is 9. The Bertz CT molecular complexity index is 857. The minimum atomic E-state index is -0.754. The molecule has 0 saturated carbocycles. The van der Waals surface area contributed by atoms with Crippen LogP contribution in [0.4, 0.5) is 10.7 Å². The van der Waals surface area contributed by atoms with E-state index in [9.17, 15) is 14.4 Å². The van der Waals surface area contributed by atoms with Crippen LogP contribution in [0, 0.1) is 5.92 Å². The van der Waals surface area contributed by atoms with Crippen molar-refractivity contribution in [3.05, 3.63) is 10.6 Å². The van der Waals surface area contributed by atoms with Crippen LogP contribution >= 0.6 is 0 Å². The number of hydrogen-bond donors (Lipinski definition) is 2. The summed E-state index contributed by atoms with van der Waals surface area (Å²) >= 11 is 0. The Balaban J connectivity index is 1.23. The Morgan fingerprint density at radius 2 is 1.85 bits per heavy atom. The molecule has 1 aromatic rings. The highest BCUT2D eigenvalue weighted by Gasteiger charge is 2.43. The number of aliphatic carboxylic acids is 1. The van der Waals surface area contributed by atoms with Crippen LogP contribution in [0.3, 0.4) is 0 Å². The lowest BCUT2D eigenvalue weighted by molar-refractivity contribution is -0.137. The van der Waals surface area contributed by atoms with Gasteiger partial charge in [-0.2, -0.15) is 0 Å². The van der Waals surface area contributed by atoms with Crippen LogP contribution in [-0.2, 0) is 9.53 Å². The molecule has 1 amide bonds. The van der Waals surface area contributed by atoms with E-state index in [-0.39, 0.29) is 24.8 Å². The first kappa shape index (κ1) is 23.6. The minimum Gasteiger partial charge on any atom is -0.481 e. The Morgan fingerprint density at radius 1 is 1.12 bits per heavy atom. The first-order chi connectivity index (χ1) is 15.9. The molecule has 2 atom stereocenters. The summed E-state index contributed by atoms with van der Waals surface area (Å²) in [5.74, 6) is -0.241. The first-order valence-corrected chi connectivity index (χ1v) is 11.8. The van der Waals surface area contributed by atoms with Gasteiger partial charge in [-0.05, 0) is 49.7 Å². The number of nitrogens with one attached hydrogen (secondary N) is 1. The van der Waals surface area contributed by atoms with E-state index >= 15 is 0 Å². The lowest BCUT2D eigenvalue weighted by atomic mass is 9.90. The van der Waals surface area contributed by atoms with E-state index in [0.717, 1.165) is 71.5 Å². The number of H-pyrrole nitrogens is 1. The molecule has 2 N–H and O–H groups in total. The average Bonchev–Trinajstić information content (AvgIpc) is 3.36. The number of nitrogens with zero attached hydrogens (tertiary/aromatic N) is 5. The first-order valence-electron chi connectivity index (χ1n) is 11.8. The van der Waals surface area contributed by atoms with Gasteiger partial charge in [0.05, 0.1) is 6.04 Å². The molecule has 4 heterocycles. The summed E-state index contributed by atoms with van der Waals surface area (Å²) < 4.78 is 10.3. The van der Waals surface area contributed by atoms with Crippen LogP contribution in [0.25, 0.3) is 0 Å². The topological polar surface area (TPSA) is 135 Å². The SMILES string of the molecule is CN1C(=O)O[C@H](N2CCN(CCCC(=O)O)CC2)C1CCC1CCN(c2noc(=O)[nH]2)CC1. The average molecular weight is 467 g/mol. The van der Waals surface area contributed by atoms with Gasteiger partial charge < -0.3 is 24.5 Å². The number of carboxylic acid groups (broad SMARTS) is 1. The summed E-state index contributed by atoms with van der Waals surface area (Å²) in [5, 5.41) is 12.6. The zero-order valence-corrected chi connectivity index (χ0v) is 19.1. The molecular formula is C21H34N6O6. The second kappa shape index (κ2) is 10.6. The van der Waals surface area contributed by atoms with Gasteiger partial charge in [-0.3, -0.25) is 19.2 Å². The molecule has 1 aromatic heterocycles. The molecule has 0 bridgehead atoms. The molecule has 184 valence electrons. The van der Waals surface area contributed by atoms with Crippen LogP contribution in [0.1, 0.15) is 38.5 Å². The van der Waals surface area contributed by atoms with Gasteiger partial charge in [0.25, 0.3) is 0 Å². The number of aromatic amines is 1. The smallest absolute Gasteiger partial charge is 0.440 e. The van der Waals surface area contributed by atoms with Crippen LogP contribution in [0.5, 0.6) is 0 Å². The number of likely N-dealkylation sites (N-methyl/N-ethyl adjacent to an activating group) is 1. The van der Waals surface area contributed by atoms with Crippen LogP contribution < -0.4 is 10.7 Å². The molecule has 0 spiro atoms. The predicted octanol–water partition coefficient (Wildman–Crippen LogP) is 0.619. The van der Waals surface area contributed by atoms with Crippen molar-refractivity contribution in [2.75, 3.05) is 57.8 Å². The molecule has 0 aliphatic carbocycles. The molecule has 12 nitrogen and oxygen atoms in total. The Morgan fingerprint density at radius 3 is 2.48 bits per heavy atom. The Labute approximate surface area is 192 Å². The largest absolute Gasteiger partial charge is 0.481 e. The van der Waals surface area contributed by atoms with Gasteiger partial charge >= 0.3 is 17.8 Å². The second-order valence-corrected chi connectivity index (χ2v) is 9.25. The summed E-state index contributed by atoms with van der Waals surface area (Å²) in [5.41, 5.74) is 0. The van der Waals surface area contributed by atoms with Crippen molar-refractivity contribution in [2.45, 2.75) is 50.8 Å². The lowest BCUT2D eigenvalue weighted by Crippen LogP contribution is -2.54. The maximum atomic E-state index is 12.3. The van der Waals surface area contributed by atoms with Crippen molar-refractivity contribution in [1.82, 2.24) is 24.8 Å². The fourth-order valence-corrected chi connectivity index (χ4v) is 5.14. The fraction of sp³-hybridized carbons (Fsp3) is 0.810. The van der Waals surface area contributed by atoms with Gasteiger partial charge in [-0.25, -0.2) is 9.59 Å². The van der Waals surface area contributed by atoms with Crippen LogP contribution in [-0.4, -0.2) is 107 Å². The number of carboxylic acids is 1. The molecule has 12 heteroatoms. The number of anilines is 1. The van der Waals surface area contributed by atoms with E-state index in [1.807, 2.05) is 11.9 Å². The number of cyclic esters (lactones) is 1. The number of amides is 1. The minimum absolute atomic E-state index is 0.0287. The standard InChI is InChI=1S/C21H34N6O6/c1-24-16(5-4-15-6-9-27(10-7-15)19-22-20(30)33-23-19)18(32-21(24)31)26-13-11-25(12-14-26)8-2-3-17(28)29/h15-16,18H,2-14H2,1H3,(H,28,29)(H,22,23,30)/t16?,18-/m0/s1. The molecule has 1 unspecified atom stereocenters. The maximum absolute atomic E-state index is 12.3. The summed E-state index contributed by atoms with van der Waals surface area (Å²) in [6, 6.07) is 0.0287. The van der Waals surface area contributed by atoms with Crippen LogP contribution in [0.2, 0.25) is 0 Å². The maximum Gasteiger partial charge on any atom is 0.440 e. The third kappa shape index (κ3) is 5.85. The van der Waals surface area contributed by atoms with E-state index in [4.69, 9.17) is 9.84 Å². The molecule has 3 aliphatic heterocycles. The van der Waals surface area contributed by atoms with E-state index in [0.29, 0.717) is 18.3 Å². The number of carbonyl (C=O) groups excluding carboxylic acids is 1. The quantitative estimate of drug-likeness (QED) is 0.533. The van der Waals surface area contributed by atoms with Gasteiger partial charge in [0, 0.05) is 52.7 Å². The third-order valence-electron chi connectivity index (χ3n) is 7.18. The summed E-state index contributed by atoms with van der Waals surface area (Å²) in [6.45, 7) is 5.74. The Hall–Kier alpha value is -2.60. The highest BCUT2D eigenvalue weighted by Crippen LogP contribution is 2.30. The molecule has 3 saturated heterocycles. The van der Waals surface area contributed by atoms with Gasteiger partial charge in [-0.15, -0.1) is 0 Å². The van der Waals surface area contributed by atoms with Gasteiger partial charge in [-0.1, -0.05) is 0 Å². The van der Waals surface area contributed by atoms with E-state index < -0.39 is 11.7 Å². The lowest BCUT2D eigenvalue weighted by Gasteiger charge is -2.39. The van der Waals surface area contributed by atoms with Crippen LogP contribution in [0.15, 0.2) is 9.32 Å². The molecule has 3 aliphatic rings. The van der Waals surface area contributed by atoms with Crippen molar-refractivity contribution < 1.29 is 24.0 Å². The van der Waals surface area contributed by atoms with Crippen molar-refractivity contribution in [2.24, 2.45) is 5.92 Å². The monoisotopic (exact) mass is 466 g/mol. The summed E-state index contributed by atoms with van der Waals surface area (Å²) in [6.07, 6.45) is 4.26.